The predicted octanol–water partition coefficient (Wildman–Crippen LogP) is 2.53. The third-order valence-electron chi connectivity index (χ3n) is 4.42. The van der Waals surface area contributed by atoms with Gasteiger partial charge in [0.1, 0.15) is 0 Å². The molecule has 1 fully saturated rings. The van der Waals surface area contributed by atoms with Crippen molar-refractivity contribution in [2.75, 3.05) is 31.1 Å². The van der Waals surface area contributed by atoms with E-state index in [1.165, 1.54) is 0 Å². The maximum Gasteiger partial charge on any atom is 0.307 e. The van der Waals surface area contributed by atoms with Gasteiger partial charge in [-0.3, -0.25) is 14.5 Å². The highest BCUT2D eigenvalue weighted by atomic mass is 16.4. The Kier molecular flexibility index (Phi) is 6.16. The summed E-state index contributed by atoms with van der Waals surface area (Å²) in [6.45, 7) is 6.27. The number of para-hydroxylation sites is 1. The van der Waals surface area contributed by atoms with Crippen LogP contribution in [0.15, 0.2) is 24.3 Å². The van der Waals surface area contributed by atoms with E-state index >= 15 is 0 Å². The molecule has 23 heavy (non-hydrogen) atoms. The van der Waals surface area contributed by atoms with Crippen molar-refractivity contribution in [3.05, 3.63) is 29.8 Å². The number of amides is 1. The van der Waals surface area contributed by atoms with E-state index < -0.39 is 5.97 Å². The Hall–Kier alpha value is -1.88. The van der Waals surface area contributed by atoms with Crippen LogP contribution >= 0.6 is 0 Å². The van der Waals surface area contributed by atoms with Crippen molar-refractivity contribution in [1.82, 2.24) is 4.90 Å². The molecule has 0 radical (unpaired) electrons. The van der Waals surface area contributed by atoms with Gasteiger partial charge in [-0.2, -0.15) is 0 Å². The molecule has 0 aliphatic carbocycles. The fraction of sp³-hybridized carbons (Fsp3) is 0.556. The van der Waals surface area contributed by atoms with Gasteiger partial charge in [0, 0.05) is 18.8 Å². The number of anilines is 1. The SMILES string of the molecule is CCCCN(C(=O)CN1CCC(C(=O)O)C1)c1ccccc1C. The van der Waals surface area contributed by atoms with Gasteiger partial charge in [-0.15, -0.1) is 0 Å². The number of aliphatic carboxylic acids is 1. The molecule has 0 saturated carbocycles. The highest BCUT2D eigenvalue weighted by molar-refractivity contribution is 5.95. The van der Waals surface area contributed by atoms with Crippen molar-refractivity contribution >= 4 is 17.6 Å². The minimum Gasteiger partial charge on any atom is -0.481 e. The van der Waals surface area contributed by atoms with Gasteiger partial charge in [0.25, 0.3) is 0 Å². The number of likely N-dealkylation sites (tertiary alicyclic amines) is 1. The predicted molar refractivity (Wildman–Crippen MR) is 90.6 cm³/mol. The maximum atomic E-state index is 12.8. The third-order valence-corrected chi connectivity index (χ3v) is 4.42. The second-order valence-corrected chi connectivity index (χ2v) is 6.24. The molecule has 0 aromatic heterocycles. The summed E-state index contributed by atoms with van der Waals surface area (Å²) in [7, 11) is 0. The van der Waals surface area contributed by atoms with Crippen LogP contribution in [-0.4, -0.2) is 48.1 Å². The first kappa shape index (κ1) is 17.5. The molecule has 5 heteroatoms. The number of hydrogen-bond acceptors (Lipinski definition) is 3. The van der Waals surface area contributed by atoms with Gasteiger partial charge in [-0.1, -0.05) is 31.5 Å². The van der Waals surface area contributed by atoms with Crippen LogP contribution in [0.2, 0.25) is 0 Å². The second-order valence-electron chi connectivity index (χ2n) is 6.24. The Bertz CT molecular complexity index is 559. The molecule has 1 amide bonds. The molecule has 5 nitrogen and oxygen atoms in total. The van der Waals surface area contributed by atoms with Crippen LogP contribution < -0.4 is 4.90 Å². The first-order valence-corrected chi connectivity index (χ1v) is 8.34. The van der Waals surface area contributed by atoms with Gasteiger partial charge < -0.3 is 10.0 Å². The van der Waals surface area contributed by atoms with Gasteiger partial charge in [0.15, 0.2) is 0 Å². The van der Waals surface area contributed by atoms with E-state index in [1.54, 1.807) is 0 Å². The van der Waals surface area contributed by atoms with Crippen molar-refractivity contribution in [2.45, 2.75) is 33.1 Å². The monoisotopic (exact) mass is 318 g/mol. The van der Waals surface area contributed by atoms with E-state index in [0.29, 0.717) is 32.6 Å². The number of nitrogens with zero attached hydrogens (tertiary/aromatic N) is 2. The van der Waals surface area contributed by atoms with Crippen molar-refractivity contribution in [2.24, 2.45) is 5.92 Å². The Labute approximate surface area is 137 Å². The molecule has 1 aliphatic heterocycles. The number of unbranched alkanes of at least 4 members (excludes halogenated alkanes) is 1. The van der Waals surface area contributed by atoms with E-state index in [0.717, 1.165) is 24.1 Å². The van der Waals surface area contributed by atoms with Crippen LogP contribution in [0.25, 0.3) is 0 Å². The summed E-state index contributed by atoms with van der Waals surface area (Å²) < 4.78 is 0. The fourth-order valence-electron chi connectivity index (χ4n) is 3.02. The molecular weight excluding hydrogens is 292 g/mol. The van der Waals surface area contributed by atoms with E-state index in [-0.39, 0.29) is 11.8 Å². The van der Waals surface area contributed by atoms with E-state index in [1.807, 2.05) is 41.0 Å². The summed E-state index contributed by atoms with van der Waals surface area (Å²) >= 11 is 0. The lowest BCUT2D eigenvalue weighted by Gasteiger charge is -2.26. The average Bonchev–Trinajstić information content (AvgIpc) is 2.98. The lowest BCUT2D eigenvalue weighted by Crippen LogP contribution is -2.40. The van der Waals surface area contributed by atoms with Crippen LogP contribution in [0.5, 0.6) is 0 Å². The summed E-state index contributed by atoms with van der Waals surface area (Å²) in [5.74, 6) is -1.05. The van der Waals surface area contributed by atoms with Crippen LogP contribution in [0.4, 0.5) is 5.69 Å². The Morgan fingerprint density at radius 1 is 1.35 bits per heavy atom. The number of rotatable bonds is 7. The molecule has 1 aromatic carbocycles. The quantitative estimate of drug-likeness (QED) is 0.839. The summed E-state index contributed by atoms with van der Waals surface area (Å²) in [6.07, 6.45) is 2.61. The average molecular weight is 318 g/mol. The van der Waals surface area contributed by atoms with E-state index in [2.05, 4.69) is 6.92 Å². The number of carboxylic acids is 1. The summed E-state index contributed by atoms with van der Waals surface area (Å²) in [5.41, 5.74) is 2.04. The van der Waals surface area contributed by atoms with Gasteiger partial charge >= 0.3 is 5.97 Å². The number of carbonyl (C=O) groups is 2. The molecule has 126 valence electrons. The first-order valence-electron chi connectivity index (χ1n) is 8.34. The number of carbonyl (C=O) groups excluding carboxylic acids is 1. The smallest absolute Gasteiger partial charge is 0.307 e. The van der Waals surface area contributed by atoms with Crippen molar-refractivity contribution < 1.29 is 14.7 Å². The van der Waals surface area contributed by atoms with E-state index in [4.69, 9.17) is 5.11 Å². The van der Waals surface area contributed by atoms with Crippen LogP contribution in [0.1, 0.15) is 31.7 Å². The van der Waals surface area contributed by atoms with Crippen molar-refractivity contribution in [3.8, 4) is 0 Å². The minimum absolute atomic E-state index is 0.0544. The van der Waals surface area contributed by atoms with Gasteiger partial charge in [0.05, 0.1) is 12.5 Å². The summed E-state index contributed by atoms with van der Waals surface area (Å²) in [5, 5.41) is 9.08. The lowest BCUT2D eigenvalue weighted by atomic mass is 10.1. The highest BCUT2D eigenvalue weighted by Crippen LogP contribution is 2.22. The topological polar surface area (TPSA) is 60.9 Å². The van der Waals surface area contributed by atoms with Gasteiger partial charge in [-0.25, -0.2) is 0 Å². The molecule has 2 rings (SSSR count). The number of hydrogen-bond donors (Lipinski definition) is 1. The van der Waals surface area contributed by atoms with Crippen LogP contribution in [-0.2, 0) is 9.59 Å². The number of carboxylic acid groups (broad SMARTS) is 1. The van der Waals surface area contributed by atoms with Crippen LogP contribution in [0, 0.1) is 12.8 Å². The van der Waals surface area contributed by atoms with Gasteiger partial charge in [0.2, 0.25) is 5.91 Å². The standard InChI is InChI=1S/C18H26N2O3/c1-3-4-10-20(16-8-6-5-7-14(16)2)17(21)13-19-11-9-15(12-19)18(22)23/h5-8,15H,3-4,9-13H2,1-2H3,(H,22,23). The zero-order valence-electron chi connectivity index (χ0n) is 14.0. The van der Waals surface area contributed by atoms with Gasteiger partial charge in [-0.05, 0) is 37.9 Å². The molecule has 1 heterocycles. The fourth-order valence-corrected chi connectivity index (χ4v) is 3.02. The summed E-state index contributed by atoms with van der Waals surface area (Å²) in [6, 6.07) is 7.91. The van der Waals surface area contributed by atoms with E-state index in [9.17, 15) is 9.59 Å². The largest absolute Gasteiger partial charge is 0.481 e. The minimum atomic E-state index is -0.762. The zero-order valence-corrected chi connectivity index (χ0v) is 14.0. The van der Waals surface area contributed by atoms with Crippen LogP contribution in [0.3, 0.4) is 0 Å². The maximum absolute atomic E-state index is 12.8. The van der Waals surface area contributed by atoms with Crippen molar-refractivity contribution in [1.29, 1.82) is 0 Å². The molecule has 0 spiro atoms. The Morgan fingerprint density at radius 3 is 2.70 bits per heavy atom. The normalized spacial score (nSPS) is 18.1. The zero-order chi connectivity index (χ0) is 16.8. The number of benzene rings is 1. The lowest BCUT2D eigenvalue weighted by molar-refractivity contribution is -0.141. The Balaban J connectivity index is 2.06. The molecular formula is C18H26N2O3. The Morgan fingerprint density at radius 2 is 2.09 bits per heavy atom. The first-order chi connectivity index (χ1) is 11.0. The highest BCUT2D eigenvalue weighted by Gasteiger charge is 2.30. The van der Waals surface area contributed by atoms with Crippen molar-refractivity contribution in [3.63, 3.8) is 0 Å². The third kappa shape index (κ3) is 4.55. The molecule has 1 atom stereocenters. The molecule has 0 bridgehead atoms. The molecule has 1 unspecified atom stereocenters. The molecule has 1 saturated heterocycles. The number of aryl methyl sites for hydroxylation is 1. The summed E-state index contributed by atoms with van der Waals surface area (Å²) in [4.78, 5) is 27.6. The second kappa shape index (κ2) is 8.11. The molecule has 1 N–H and O–H groups in total. The molecule has 1 aromatic rings. The molecule has 1 aliphatic rings.